The number of amides is 1. The lowest BCUT2D eigenvalue weighted by atomic mass is 10.2. The minimum absolute atomic E-state index is 0. The zero-order valence-corrected chi connectivity index (χ0v) is 18.8. The van der Waals surface area contributed by atoms with Crippen LogP contribution >= 0.6 is 23.7 Å². The molecule has 7 nitrogen and oxygen atoms in total. The highest BCUT2D eigenvalue weighted by Crippen LogP contribution is 2.31. The molecular weight excluding hydrogens is 424 g/mol. The van der Waals surface area contributed by atoms with E-state index in [0.29, 0.717) is 17.2 Å². The quantitative estimate of drug-likeness (QED) is 0.361. The molecule has 0 aliphatic heterocycles. The molecule has 0 radical (unpaired) electrons. The van der Waals surface area contributed by atoms with E-state index in [1.54, 1.807) is 4.90 Å². The number of anilines is 1. The Morgan fingerprint density at radius 3 is 2.33 bits per heavy atom. The maximum atomic E-state index is 13.3. The monoisotopic (exact) mass is 448 g/mol. The Morgan fingerprint density at radius 1 is 1.10 bits per heavy atom. The molecule has 1 heterocycles. The van der Waals surface area contributed by atoms with Crippen LogP contribution in [0, 0.1) is 17.0 Å². The summed E-state index contributed by atoms with van der Waals surface area (Å²) in [5.41, 5.74) is 2.34. The number of fused-ring (bicyclic) bond motifs is 1. The molecule has 0 aliphatic rings. The van der Waals surface area contributed by atoms with E-state index in [4.69, 9.17) is 4.98 Å². The summed E-state index contributed by atoms with van der Waals surface area (Å²) in [5.74, 6) is -0.205. The van der Waals surface area contributed by atoms with Crippen molar-refractivity contribution in [2.75, 3.05) is 31.1 Å². The predicted molar refractivity (Wildman–Crippen MR) is 124 cm³/mol. The number of aryl methyl sites for hydroxylation is 1. The van der Waals surface area contributed by atoms with Crippen LogP contribution in [0.25, 0.3) is 10.2 Å². The number of carbonyl (C=O) groups excluding carboxylic acids is 1. The summed E-state index contributed by atoms with van der Waals surface area (Å²) in [4.78, 5) is 32.4. The summed E-state index contributed by atoms with van der Waals surface area (Å²) < 4.78 is 1.03. The number of nitro benzene ring substituents is 1. The van der Waals surface area contributed by atoms with E-state index in [1.807, 2.05) is 25.1 Å². The second kappa shape index (κ2) is 10.5. The van der Waals surface area contributed by atoms with E-state index in [-0.39, 0.29) is 24.0 Å². The van der Waals surface area contributed by atoms with Gasteiger partial charge in [0.25, 0.3) is 11.6 Å². The highest BCUT2D eigenvalue weighted by molar-refractivity contribution is 7.22. The average Bonchev–Trinajstić information content (AvgIpc) is 3.16. The van der Waals surface area contributed by atoms with Gasteiger partial charge in [-0.1, -0.05) is 37.3 Å². The van der Waals surface area contributed by atoms with Crippen LogP contribution in [-0.4, -0.2) is 46.9 Å². The molecule has 0 spiro atoms. The van der Waals surface area contributed by atoms with E-state index in [9.17, 15) is 14.9 Å². The summed E-state index contributed by atoms with van der Waals surface area (Å²) in [6.45, 7) is 9.20. The van der Waals surface area contributed by atoms with E-state index in [1.165, 1.54) is 35.6 Å². The summed E-state index contributed by atoms with van der Waals surface area (Å²) >= 11 is 1.48. The van der Waals surface area contributed by atoms with Crippen LogP contribution < -0.4 is 4.90 Å². The molecule has 0 N–H and O–H groups in total. The lowest BCUT2D eigenvalue weighted by molar-refractivity contribution is -0.384. The number of benzene rings is 2. The van der Waals surface area contributed by atoms with Gasteiger partial charge in [-0.15, -0.1) is 12.4 Å². The smallest absolute Gasteiger partial charge is 0.269 e. The SMILES string of the molecule is CCN(CC)CCN(C(=O)c1ccc([N+](=O)[O-])cc1)c1nc2c(C)cccc2s1.Cl. The first-order chi connectivity index (χ1) is 13.9. The third-order valence-electron chi connectivity index (χ3n) is 4.94. The van der Waals surface area contributed by atoms with Gasteiger partial charge < -0.3 is 4.90 Å². The van der Waals surface area contributed by atoms with Gasteiger partial charge in [-0.2, -0.15) is 0 Å². The molecule has 0 bridgehead atoms. The fraction of sp³-hybridized carbons (Fsp3) is 0.333. The highest BCUT2D eigenvalue weighted by atomic mass is 35.5. The number of para-hydroxylation sites is 1. The number of halogens is 1. The summed E-state index contributed by atoms with van der Waals surface area (Å²) in [6, 6.07) is 11.7. The minimum atomic E-state index is -0.470. The van der Waals surface area contributed by atoms with Crippen molar-refractivity contribution in [2.45, 2.75) is 20.8 Å². The third kappa shape index (κ3) is 5.13. The lowest BCUT2D eigenvalue weighted by Gasteiger charge is -2.24. The molecule has 30 heavy (non-hydrogen) atoms. The third-order valence-corrected chi connectivity index (χ3v) is 5.99. The Hall–Kier alpha value is -2.55. The average molecular weight is 449 g/mol. The number of hydrogen-bond donors (Lipinski definition) is 0. The number of hydrogen-bond acceptors (Lipinski definition) is 6. The Balaban J connectivity index is 0.00000320. The molecule has 1 amide bonds. The van der Waals surface area contributed by atoms with Crippen molar-refractivity contribution in [3.8, 4) is 0 Å². The zero-order chi connectivity index (χ0) is 21.0. The van der Waals surface area contributed by atoms with Gasteiger partial charge in [0.15, 0.2) is 5.13 Å². The van der Waals surface area contributed by atoms with E-state index in [0.717, 1.165) is 35.4 Å². The van der Waals surface area contributed by atoms with Gasteiger partial charge in [-0.3, -0.25) is 19.8 Å². The molecule has 0 saturated heterocycles. The molecule has 160 valence electrons. The molecule has 3 aromatic rings. The van der Waals surface area contributed by atoms with Crippen LogP contribution in [0.5, 0.6) is 0 Å². The maximum absolute atomic E-state index is 13.3. The number of aromatic nitrogens is 1. The van der Waals surface area contributed by atoms with Gasteiger partial charge >= 0.3 is 0 Å². The fourth-order valence-electron chi connectivity index (χ4n) is 3.14. The molecule has 0 fully saturated rings. The van der Waals surface area contributed by atoms with Crippen LogP contribution in [-0.2, 0) is 0 Å². The first-order valence-corrected chi connectivity index (χ1v) is 10.4. The zero-order valence-electron chi connectivity index (χ0n) is 17.2. The number of rotatable bonds is 8. The highest BCUT2D eigenvalue weighted by Gasteiger charge is 2.23. The molecule has 9 heteroatoms. The van der Waals surface area contributed by atoms with Crippen molar-refractivity contribution in [2.24, 2.45) is 0 Å². The van der Waals surface area contributed by atoms with Crippen molar-refractivity contribution in [1.29, 1.82) is 0 Å². The van der Waals surface area contributed by atoms with Gasteiger partial charge in [-0.05, 0) is 43.8 Å². The van der Waals surface area contributed by atoms with Gasteiger partial charge in [0.1, 0.15) is 0 Å². The second-order valence-corrected chi connectivity index (χ2v) is 7.71. The van der Waals surface area contributed by atoms with Gasteiger partial charge in [0, 0.05) is 30.8 Å². The van der Waals surface area contributed by atoms with Crippen molar-refractivity contribution in [3.05, 3.63) is 63.7 Å². The van der Waals surface area contributed by atoms with Crippen molar-refractivity contribution >= 4 is 50.7 Å². The van der Waals surface area contributed by atoms with Crippen molar-refractivity contribution in [1.82, 2.24) is 9.88 Å². The molecule has 0 aliphatic carbocycles. The van der Waals surface area contributed by atoms with Gasteiger partial charge in [-0.25, -0.2) is 4.98 Å². The number of non-ortho nitro benzene ring substituents is 1. The van der Waals surface area contributed by atoms with Crippen molar-refractivity contribution < 1.29 is 9.72 Å². The number of nitro groups is 1. The first-order valence-electron chi connectivity index (χ1n) is 9.59. The summed E-state index contributed by atoms with van der Waals surface area (Å²) in [5, 5.41) is 11.6. The van der Waals surface area contributed by atoms with Crippen LogP contribution in [0.2, 0.25) is 0 Å². The largest absolute Gasteiger partial charge is 0.302 e. The Kier molecular flexibility index (Phi) is 8.28. The fourth-order valence-corrected chi connectivity index (χ4v) is 4.20. The normalized spacial score (nSPS) is 10.8. The van der Waals surface area contributed by atoms with Gasteiger partial charge in [0.05, 0.1) is 15.1 Å². The topological polar surface area (TPSA) is 79.6 Å². The Labute approximate surface area is 185 Å². The maximum Gasteiger partial charge on any atom is 0.269 e. The molecule has 0 unspecified atom stereocenters. The molecule has 1 aromatic heterocycles. The van der Waals surface area contributed by atoms with Crippen LogP contribution in [0.15, 0.2) is 42.5 Å². The van der Waals surface area contributed by atoms with Crippen LogP contribution in [0.3, 0.4) is 0 Å². The van der Waals surface area contributed by atoms with E-state index >= 15 is 0 Å². The standard InChI is InChI=1S/C21H24N4O3S.ClH/c1-4-23(5-2)13-14-24(20(26)16-9-11-17(12-10-16)25(27)28)21-22-19-15(3)7-6-8-18(19)29-21;/h6-12H,4-5,13-14H2,1-3H3;1H. The molecule has 2 aromatic carbocycles. The number of nitrogens with zero attached hydrogens (tertiary/aromatic N) is 4. The molecule has 3 rings (SSSR count). The Morgan fingerprint density at radius 2 is 1.77 bits per heavy atom. The summed E-state index contributed by atoms with van der Waals surface area (Å²) in [6.07, 6.45) is 0. The molecule has 0 atom stereocenters. The first kappa shape index (κ1) is 23.7. The van der Waals surface area contributed by atoms with Crippen LogP contribution in [0.4, 0.5) is 10.8 Å². The van der Waals surface area contributed by atoms with E-state index in [2.05, 4.69) is 18.7 Å². The number of thiazole rings is 1. The number of carbonyl (C=O) groups is 1. The van der Waals surface area contributed by atoms with Gasteiger partial charge in [0.2, 0.25) is 0 Å². The predicted octanol–water partition coefficient (Wildman–Crippen LogP) is 4.92. The summed E-state index contributed by atoms with van der Waals surface area (Å²) in [7, 11) is 0. The molecule has 0 saturated carbocycles. The van der Waals surface area contributed by atoms with Crippen molar-refractivity contribution in [3.63, 3.8) is 0 Å². The molecular formula is C21H25ClN4O3S. The lowest BCUT2D eigenvalue weighted by Crippen LogP contribution is -2.38. The number of likely N-dealkylation sites (N-methyl/N-ethyl adjacent to an activating group) is 1. The second-order valence-electron chi connectivity index (χ2n) is 6.71. The van der Waals surface area contributed by atoms with Crippen LogP contribution in [0.1, 0.15) is 29.8 Å². The minimum Gasteiger partial charge on any atom is -0.302 e. The van der Waals surface area contributed by atoms with E-state index < -0.39 is 4.92 Å². The Bertz CT molecular complexity index is 1020.